The molecule has 2 N–H and O–H groups in total. The lowest BCUT2D eigenvalue weighted by molar-refractivity contribution is 0.0892. The molecule has 2 aromatic rings. The van der Waals surface area contributed by atoms with Gasteiger partial charge in [-0.3, -0.25) is 4.79 Å². The molecule has 0 saturated carbocycles. The molecular weight excluding hydrogens is 284 g/mol. The number of aliphatic hydroxyl groups is 1. The third-order valence-corrected chi connectivity index (χ3v) is 2.81. The number of amides is 1. The van der Waals surface area contributed by atoms with Gasteiger partial charge < -0.3 is 19.6 Å². The Kier molecular flexibility index (Phi) is 5.17. The van der Waals surface area contributed by atoms with E-state index in [9.17, 15) is 4.79 Å². The molecule has 1 unspecified atom stereocenters. The van der Waals surface area contributed by atoms with E-state index in [1.807, 2.05) is 6.07 Å². The lowest BCUT2D eigenvalue weighted by atomic mass is 10.2. The first kappa shape index (κ1) is 15.6. The van der Waals surface area contributed by atoms with Crippen LogP contribution in [0.4, 0.5) is 0 Å². The minimum absolute atomic E-state index is 0.163. The highest BCUT2D eigenvalue weighted by Gasteiger charge is 2.11. The van der Waals surface area contributed by atoms with Crippen molar-refractivity contribution in [3.8, 4) is 11.8 Å². The predicted octanol–water partition coefficient (Wildman–Crippen LogP) is 1.84. The van der Waals surface area contributed by atoms with Gasteiger partial charge in [0.2, 0.25) is 0 Å². The molecule has 114 valence electrons. The molecule has 6 heteroatoms. The van der Waals surface area contributed by atoms with Crippen molar-refractivity contribution in [3.63, 3.8) is 0 Å². The summed E-state index contributed by atoms with van der Waals surface area (Å²) in [5.41, 5.74) is 0.558. The van der Waals surface area contributed by atoms with Crippen LogP contribution in [0, 0.1) is 11.3 Å². The van der Waals surface area contributed by atoms with Crippen molar-refractivity contribution in [1.82, 2.24) is 5.32 Å². The zero-order valence-electron chi connectivity index (χ0n) is 12.1. The maximum Gasteiger partial charge on any atom is 0.287 e. The molecule has 1 heterocycles. The second kappa shape index (κ2) is 7.29. The van der Waals surface area contributed by atoms with E-state index in [2.05, 4.69) is 5.32 Å². The van der Waals surface area contributed by atoms with Crippen LogP contribution in [0.1, 0.15) is 28.8 Å². The monoisotopic (exact) mass is 300 g/mol. The van der Waals surface area contributed by atoms with Crippen LogP contribution in [0.15, 0.2) is 40.8 Å². The van der Waals surface area contributed by atoms with Gasteiger partial charge in [-0.15, -0.1) is 0 Å². The van der Waals surface area contributed by atoms with E-state index in [1.165, 1.54) is 0 Å². The van der Waals surface area contributed by atoms with Crippen molar-refractivity contribution in [2.75, 3.05) is 6.54 Å². The molecule has 2 rings (SSSR count). The van der Waals surface area contributed by atoms with Crippen molar-refractivity contribution >= 4 is 5.91 Å². The molecule has 0 aliphatic rings. The minimum atomic E-state index is -0.613. The van der Waals surface area contributed by atoms with Gasteiger partial charge in [0.25, 0.3) is 5.91 Å². The Morgan fingerprint density at radius 3 is 2.73 bits per heavy atom. The molecule has 1 aromatic heterocycles. The van der Waals surface area contributed by atoms with E-state index < -0.39 is 6.10 Å². The zero-order valence-corrected chi connectivity index (χ0v) is 12.1. The molecule has 1 aromatic carbocycles. The average molecular weight is 300 g/mol. The standard InChI is InChI=1S/C16H16N2O4/c1-11(19)9-18-16(20)15-7-6-14(22-15)10-21-13-4-2-12(8-17)3-5-13/h2-7,11,19H,9-10H2,1H3,(H,18,20). The molecular formula is C16H16N2O4. The van der Waals surface area contributed by atoms with Gasteiger partial charge in [-0.2, -0.15) is 5.26 Å². The van der Waals surface area contributed by atoms with Crippen LogP contribution in [0.5, 0.6) is 5.75 Å². The van der Waals surface area contributed by atoms with Gasteiger partial charge in [0.15, 0.2) is 5.76 Å². The van der Waals surface area contributed by atoms with Crippen LogP contribution in [0.2, 0.25) is 0 Å². The molecule has 22 heavy (non-hydrogen) atoms. The topological polar surface area (TPSA) is 95.5 Å². The van der Waals surface area contributed by atoms with Crippen molar-refractivity contribution in [1.29, 1.82) is 5.26 Å². The van der Waals surface area contributed by atoms with E-state index in [-0.39, 0.29) is 24.8 Å². The van der Waals surface area contributed by atoms with E-state index in [0.717, 1.165) is 0 Å². The van der Waals surface area contributed by atoms with E-state index in [0.29, 0.717) is 17.1 Å². The lowest BCUT2D eigenvalue weighted by Gasteiger charge is -2.05. The number of nitrogens with zero attached hydrogens (tertiary/aromatic N) is 1. The highest BCUT2D eigenvalue weighted by atomic mass is 16.5. The molecule has 0 radical (unpaired) electrons. The highest BCUT2D eigenvalue weighted by molar-refractivity contribution is 5.91. The van der Waals surface area contributed by atoms with E-state index in [1.54, 1.807) is 43.3 Å². The van der Waals surface area contributed by atoms with Crippen molar-refractivity contribution in [2.45, 2.75) is 19.6 Å². The second-order valence-corrected chi connectivity index (χ2v) is 4.75. The summed E-state index contributed by atoms with van der Waals surface area (Å²) in [6, 6.07) is 11.9. The SMILES string of the molecule is CC(O)CNC(=O)c1ccc(COc2ccc(C#N)cc2)o1. The number of hydrogen-bond acceptors (Lipinski definition) is 5. The molecule has 0 aliphatic carbocycles. The molecule has 0 saturated heterocycles. The van der Waals surface area contributed by atoms with Gasteiger partial charge in [0.05, 0.1) is 17.7 Å². The van der Waals surface area contributed by atoms with Crippen LogP contribution in [-0.2, 0) is 6.61 Å². The summed E-state index contributed by atoms with van der Waals surface area (Å²) in [6.07, 6.45) is -0.613. The number of rotatable bonds is 6. The van der Waals surface area contributed by atoms with Crippen LogP contribution < -0.4 is 10.1 Å². The third-order valence-electron chi connectivity index (χ3n) is 2.81. The predicted molar refractivity (Wildman–Crippen MR) is 78.2 cm³/mol. The Labute approximate surface area is 127 Å². The fourth-order valence-electron chi connectivity index (χ4n) is 1.69. The Hall–Kier alpha value is -2.78. The quantitative estimate of drug-likeness (QED) is 0.848. The van der Waals surface area contributed by atoms with Crippen LogP contribution in [-0.4, -0.2) is 23.7 Å². The number of hydrogen-bond donors (Lipinski definition) is 2. The van der Waals surface area contributed by atoms with Crippen molar-refractivity contribution in [2.24, 2.45) is 0 Å². The van der Waals surface area contributed by atoms with Crippen molar-refractivity contribution in [3.05, 3.63) is 53.5 Å². The number of furan rings is 1. The maximum absolute atomic E-state index is 11.7. The first-order chi connectivity index (χ1) is 10.6. The zero-order chi connectivity index (χ0) is 15.9. The Bertz CT molecular complexity index is 668. The second-order valence-electron chi connectivity index (χ2n) is 4.75. The molecule has 1 amide bonds. The molecule has 0 spiro atoms. The summed E-state index contributed by atoms with van der Waals surface area (Å²) >= 11 is 0. The number of nitriles is 1. The first-order valence-electron chi connectivity index (χ1n) is 6.76. The van der Waals surface area contributed by atoms with Gasteiger partial charge in [-0.25, -0.2) is 0 Å². The fourth-order valence-corrected chi connectivity index (χ4v) is 1.69. The lowest BCUT2D eigenvalue weighted by Crippen LogP contribution is -2.30. The number of carbonyl (C=O) groups is 1. The number of nitrogens with one attached hydrogen (secondary N) is 1. The summed E-state index contributed by atoms with van der Waals surface area (Å²) in [6.45, 7) is 1.92. The van der Waals surface area contributed by atoms with Gasteiger partial charge in [0, 0.05) is 6.54 Å². The molecule has 0 fully saturated rings. The summed E-state index contributed by atoms with van der Waals surface area (Å²) in [7, 11) is 0. The highest BCUT2D eigenvalue weighted by Crippen LogP contribution is 2.15. The number of aliphatic hydroxyl groups excluding tert-OH is 1. The molecule has 1 atom stereocenters. The maximum atomic E-state index is 11.7. The fraction of sp³-hybridized carbons (Fsp3) is 0.250. The summed E-state index contributed by atoms with van der Waals surface area (Å²) in [5, 5.41) is 20.4. The Morgan fingerprint density at radius 2 is 2.09 bits per heavy atom. The third kappa shape index (κ3) is 4.36. The first-order valence-corrected chi connectivity index (χ1v) is 6.76. The van der Waals surface area contributed by atoms with E-state index >= 15 is 0 Å². The smallest absolute Gasteiger partial charge is 0.287 e. The van der Waals surface area contributed by atoms with Crippen molar-refractivity contribution < 1.29 is 19.1 Å². The van der Waals surface area contributed by atoms with Gasteiger partial charge in [-0.1, -0.05) is 0 Å². The Morgan fingerprint density at radius 1 is 1.36 bits per heavy atom. The summed E-state index contributed by atoms with van der Waals surface area (Å²) < 4.78 is 10.9. The summed E-state index contributed by atoms with van der Waals surface area (Å²) in [5.74, 6) is 0.895. The largest absolute Gasteiger partial charge is 0.486 e. The normalized spacial score (nSPS) is 11.5. The number of carbonyl (C=O) groups excluding carboxylic acids is 1. The molecule has 6 nitrogen and oxygen atoms in total. The minimum Gasteiger partial charge on any atom is -0.486 e. The van der Waals surface area contributed by atoms with Gasteiger partial charge in [0.1, 0.15) is 18.1 Å². The van der Waals surface area contributed by atoms with Crippen LogP contribution >= 0.6 is 0 Å². The van der Waals surface area contributed by atoms with Crippen LogP contribution in [0.25, 0.3) is 0 Å². The molecule has 0 aliphatic heterocycles. The molecule has 0 bridgehead atoms. The Balaban J connectivity index is 1.88. The van der Waals surface area contributed by atoms with Gasteiger partial charge >= 0.3 is 0 Å². The number of benzene rings is 1. The van der Waals surface area contributed by atoms with Gasteiger partial charge in [-0.05, 0) is 43.3 Å². The summed E-state index contributed by atoms with van der Waals surface area (Å²) in [4.78, 5) is 11.7. The van der Waals surface area contributed by atoms with E-state index in [4.69, 9.17) is 19.5 Å². The van der Waals surface area contributed by atoms with Crippen LogP contribution in [0.3, 0.4) is 0 Å². The number of ether oxygens (including phenoxy) is 1. The average Bonchev–Trinajstić information content (AvgIpc) is 3.00.